The van der Waals surface area contributed by atoms with Gasteiger partial charge in [-0.2, -0.15) is 0 Å². The number of nitrogens with two attached hydrogens (primary N) is 1. The van der Waals surface area contributed by atoms with Crippen molar-refractivity contribution >= 4 is 28.5 Å². The first kappa shape index (κ1) is 7.36. The number of imidazole rings is 1. The summed E-state index contributed by atoms with van der Waals surface area (Å²) in [6, 6.07) is 1.70. The summed E-state index contributed by atoms with van der Waals surface area (Å²) in [5.74, 6) is 0.456. The highest BCUT2D eigenvalue weighted by Gasteiger charge is 2.04. The van der Waals surface area contributed by atoms with Gasteiger partial charge in [-0.3, -0.25) is 0 Å². The molecule has 0 aromatic carbocycles. The highest BCUT2D eigenvalue weighted by molar-refractivity contribution is 6.29. The number of fused-ring (bicyclic) bond motifs is 1. The zero-order chi connectivity index (χ0) is 8.72. The summed E-state index contributed by atoms with van der Waals surface area (Å²) < 4.78 is 1.75. The van der Waals surface area contributed by atoms with Crippen LogP contribution in [0.4, 0.5) is 5.82 Å². The van der Waals surface area contributed by atoms with Crippen molar-refractivity contribution in [1.82, 2.24) is 14.5 Å². The van der Waals surface area contributed by atoms with E-state index in [0.29, 0.717) is 11.1 Å². The molecule has 5 heteroatoms. The Morgan fingerprint density at radius 3 is 3.08 bits per heavy atom. The van der Waals surface area contributed by atoms with Gasteiger partial charge >= 0.3 is 0 Å². The zero-order valence-electron chi connectivity index (χ0n) is 6.45. The molecule has 0 unspecified atom stereocenters. The number of aromatic nitrogens is 3. The summed E-state index contributed by atoms with van der Waals surface area (Å²) in [5.41, 5.74) is 7.14. The topological polar surface area (TPSA) is 56.7 Å². The molecule has 62 valence electrons. The molecule has 0 aliphatic carbocycles. The number of nitrogen functional groups attached to an aromatic ring is 1. The van der Waals surface area contributed by atoms with Crippen molar-refractivity contribution in [2.45, 2.75) is 0 Å². The van der Waals surface area contributed by atoms with Gasteiger partial charge in [0.1, 0.15) is 5.82 Å². The molecule has 2 aromatic heterocycles. The SMILES string of the molecule is Cn1c(Cl)nc2cc(N)ncc21. The van der Waals surface area contributed by atoms with E-state index in [9.17, 15) is 0 Å². The second-order valence-corrected chi connectivity index (χ2v) is 2.88. The lowest BCUT2D eigenvalue weighted by molar-refractivity contribution is 0.946. The molecule has 0 saturated heterocycles. The second-order valence-electron chi connectivity index (χ2n) is 2.54. The Morgan fingerprint density at radius 1 is 1.58 bits per heavy atom. The van der Waals surface area contributed by atoms with Crippen LogP contribution in [0.1, 0.15) is 0 Å². The first-order chi connectivity index (χ1) is 5.68. The molecule has 0 spiro atoms. The molecule has 0 aliphatic rings. The van der Waals surface area contributed by atoms with Crippen molar-refractivity contribution in [3.63, 3.8) is 0 Å². The third kappa shape index (κ3) is 0.921. The fourth-order valence-corrected chi connectivity index (χ4v) is 1.26. The number of hydrogen-bond acceptors (Lipinski definition) is 3. The van der Waals surface area contributed by atoms with Crippen molar-refractivity contribution in [3.05, 3.63) is 17.5 Å². The summed E-state index contributed by atoms with van der Waals surface area (Å²) in [4.78, 5) is 8.02. The number of halogens is 1. The fourth-order valence-electron chi connectivity index (χ4n) is 1.07. The monoisotopic (exact) mass is 182 g/mol. The van der Waals surface area contributed by atoms with Crippen molar-refractivity contribution in [1.29, 1.82) is 0 Å². The van der Waals surface area contributed by atoms with Crippen LogP contribution in [0.25, 0.3) is 11.0 Å². The van der Waals surface area contributed by atoms with Crippen LogP contribution in [-0.4, -0.2) is 14.5 Å². The third-order valence-corrected chi connectivity index (χ3v) is 2.07. The summed E-state index contributed by atoms with van der Waals surface area (Å²) >= 11 is 5.79. The highest BCUT2D eigenvalue weighted by Crippen LogP contribution is 2.18. The van der Waals surface area contributed by atoms with E-state index in [1.165, 1.54) is 0 Å². The smallest absolute Gasteiger partial charge is 0.203 e. The van der Waals surface area contributed by atoms with E-state index in [-0.39, 0.29) is 0 Å². The summed E-state index contributed by atoms with van der Waals surface area (Å²) in [6.07, 6.45) is 1.66. The number of rotatable bonds is 0. The lowest BCUT2D eigenvalue weighted by Gasteiger charge is -1.94. The summed E-state index contributed by atoms with van der Waals surface area (Å²) in [6.45, 7) is 0. The van der Waals surface area contributed by atoms with Gasteiger partial charge in [-0.05, 0) is 11.6 Å². The van der Waals surface area contributed by atoms with E-state index in [4.69, 9.17) is 17.3 Å². The van der Waals surface area contributed by atoms with Gasteiger partial charge in [0.2, 0.25) is 5.28 Å². The van der Waals surface area contributed by atoms with Crippen LogP contribution in [0.3, 0.4) is 0 Å². The van der Waals surface area contributed by atoms with E-state index >= 15 is 0 Å². The molecule has 0 atom stereocenters. The van der Waals surface area contributed by atoms with Gasteiger partial charge in [-0.15, -0.1) is 0 Å². The molecule has 12 heavy (non-hydrogen) atoms. The molecule has 0 amide bonds. The van der Waals surface area contributed by atoms with Gasteiger partial charge in [0.05, 0.1) is 17.2 Å². The minimum Gasteiger partial charge on any atom is -0.384 e. The minimum atomic E-state index is 0.442. The molecule has 2 heterocycles. The molecule has 0 bridgehead atoms. The van der Waals surface area contributed by atoms with Gasteiger partial charge in [0.25, 0.3) is 0 Å². The predicted molar refractivity (Wildman–Crippen MR) is 47.9 cm³/mol. The molecule has 4 nitrogen and oxygen atoms in total. The maximum absolute atomic E-state index is 5.79. The summed E-state index contributed by atoms with van der Waals surface area (Å²) in [5, 5.41) is 0.442. The molecular weight excluding hydrogens is 176 g/mol. The maximum atomic E-state index is 5.79. The number of pyridine rings is 1. The molecule has 0 aliphatic heterocycles. The zero-order valence-corrected chi connectivity index (χ0v) is 7.21. The second kappa shape index (κ2) is 2.35. The molecule has 0 fully saturated rings. The van der Waals surface area contributed by atoms with E-state index in [1.54, 1.807) is 16.8 Å². The van der Waals surface area contributed by atoms with Crippen LogP contribution < -0.4 is 5.73 Å². The third-order valence-electron chi connectivity index (χ3n) is 1.73. The van der Waals surface area contributed by atoms with Crippen LogP contribution in [-0.2, 0) is 7.05 Å². The Labute approximate surface area is 74.0 Å². The van der Waals surface area contributed by atoms with E-state index in [1.807, 2.05) is 7.05 Å². The Balaban J connectivity index is 2.87. The molecule has 2 rings (SSSR count). The Morgan fingerprint density at radius 2 is 2.33 bits per heavy atom. The predicted octanol–water partition coefficient (Wildman–Crippen LogP) is 1.20. The summed E-state index contributed by atoms with van der Waals surface area (Å²) in [7, 11) is 1.83. The average Bonchev–Trinajstić information content (AvgIpc) is 2.28. The lowest BCUT2D eigenvalue weighted by atomic mass is 10.4. The van der Waals surface area contributed by atoms with E-state index in [0.717, 1.165) is 11.0 Å². The minimum absolute atomic E-state index is 0.442. The van der Waals surface area contributed by atoms with Crippen molar-refractivity contribution < 1.29 is 0 Å². The number of anilines is 1. The van der Waals surface area contributed by atoms with Gasteiger partial charge < -0.3 is 10.3 Å². The van der Waals surface area contributed by atoms with Crippen LogP contribution >= 0.6 is 11.6 Å². The molecular formula is C7H7ClN4. The van der Waals surface area contributed by atoms with Gasteiger partial charge in [0.15, 0.2) is 0 Å². The van der Waals surface area contributed by atoms with Gasteiger partial charge in [-0.1, -0.05) is 0 Å². The van der Waals surface area contributed by atoms with Crippen LogP contribution in [0.2, 0.25) is 5.28 Å². The Kier molecular flexibility index (Phi) is 1.44. The lowest BCUT2D eigenvalue weighted by Crippen LogP contribution is -1.90. The number of nitrogens with zero attached hydrogens (tertiary/aromatic N) is 3. The molecule has 2 aromatic rings. The van der Waals surface area contributed by atoms with Crippen molar-refractivity contribution in [3.8, 4) is 0 Å². The number of hydrogen-bond donors (Lipinski definition) is 1. The molecule has 0 radical (unpaired) electrons. The normalized spacial score (nSPS) is 10.8. The standard InChI is InChI=1S/C7H7ClN4/c1-12-5-3-10-6(9)2-4(5)11-7(12)8/h2-3H,1H3,(H2,9,10). The Bertz CT molecular complexity index is 434. The van der Waals surface area contributed by atoms with Gasteiger partial charge in [0, 0.05) is 13.1 Å². The van der Waals surface area contributed by atoms with E-state index in [2.05, 4.69) is 9.97 Å². The molecule has 2 N–H and O–H groups in total. The number of aryl methyl sites for hydroxylation is 1. The highest BCUT2D eigenvalue weighted by atomic mass is 35.5. The Hall–Kier alpha value is -1.29. The van der Waals surface area contributed by atoms with Gasteiger partial charge in [-0.25, -0.2) is 9.97 Å². The maximum Gasteiger partial charge on any atom is 0.203 e. The average molecular weight is 183 g/mol. The van der Waals surface area contributed by atoms with Crippen LogP contribution in [0, 0.1) is 0 Å². The van der Waals surface area contributed by atoms with Crippen LogP contribution in [0.15, 0.2) is 12.3 Å². The molecule has 0 saturated carbocycles. The quantitative estimate of drug-likeness (QED) is 0.666. The van der Waals surface area contributed by atoms with E-state index < -0.39 is 0 Å². The van der Waals surface area contributed by atoms with Crippen molar-refractivity contribution in [2.75, 3.05) is 5.73 Å². The van der Waals surface area contributed by atoms with Crippen molar-refractivity contribution in [2.24, 2.45) is 7.05 Å². The first-order valence-corrected chi connectivity index (χ1v) is 3.80. The fraction of sp³-hybridized carbons (Fsp3) is 0.143. The largest absolute Gasteiger partial charge is 0.384 e. The van der Waals surface area contributed by atoms with Crippen LogP contribution in [0.5, 0.6) is 0 Å². The first-order valence-electron chi connectivity index (χ1n) is 3.42.